The molecule has 0 aromatic heterocycles. The van der Waals surface area contributed by atoms with Crippen molar-refractivity contribution in [3.63, 3.8) is 0 Å². The molecule has 1 aromatic carbocycles. The topological polar surface area (TPSA) is 83.1 Å². The van der Waals surface area contributed by atoms with Crippen LogP contribution < -0.4 is 14.8 Å². The largest absolute Gasteiger partial charge is 0.497 e. The van der Waals surface area contributed by atoms with Gasteiger partial charge in [0, 0.05) is 30.9 Å². The second-order valence-corrected chi connectivity index (χ2v) is 5.49. The summed E-state index contributed by atoms with van der Waals surface area (Å²) in [4.78, 5) is 23.4. The third-order valence-corrected chi connectivity index (χ3v) is 3.74. The van der Waals surface area contributed by atoms with E-state index in [0.29, 0.717) is 23.6 Å². The van der Waals surface area contributed by atoms with E-state index in [4.69, 9.17) is 18.9 Å². The van der Waals surface area contributed by atoms with Crippen LogP contribution in [0, 0.1) is 0 Å². The zero-order valence-electron chi connectivity index (χ0n) is 14.4. The minimum Gasteiger partial charge on any atom is -0.497 e. The predicted octanol–water partition coefficient (Wildman–Crippen LogP) is 1.56. The van der Waals surface area contributed by atoms with Crippen LogP contribution in [0.25, 0.3) is 6.08 Å². The number of ether oxygens (including phenoxy) is 4. The zero-order valence-corrected chi connectivity index (χ0v) is 14.4. The molecule has 0 unspecified atom stereocenters. The Labute approximate surface area is 146 Å². The van der Waals surface area contributed by atoms with Gasteiger partial charge in [-0.25, -0.2) is 4.79 Å². The smallest absolute Gasteiger partial charge is 0.331 e. The van der Waals surface area contributed by atoms with Gasteiger partial charge in [-0.1, -0.05) is 0 Å². The van der Waals surface area contributed by atoms with Gasteiger partial charge >= 0.3 is 5.97 Å². The fourth-order valence-corrected chi connectivity index (χ4v) is 2.38. The highest BCUT2D eigenvalue weighted by molar-refractivity contribution is 5.89. The minimum atomic E-state index is -0.606. The van der Waals surface area contributed by atoms with Gasteiger partial charge in [0.25, 0.3) is 5.91 Å². The molecular formula is C18H23NO6. The second-order valence-electron chi connectivity index (χ2n) is 5.49. The monoisotopic (exact) mass is 349 g/mol. The third kappa shape index (κ3) is 6.11. The molecule has 2 rings (SSSR count). The molecule has 1 aliphatic heterocycles. The van der Waals surface area contributed by atoms with Crippen molar-refractivity contribution in [3.8, 4) is 11.5 Å². The minimum absolute atomic E-state index is 0.0575. The van der Waals surface area contributed by atoms with E-state index in [1.165, 1.54) is 13.2 Å². The number of amides is 1. The maximum atomic E-state index is 11.7. The van der Waals surface area contributed by atoms with Crippen LogP contribution in [-0.2, 0) is 19.1 Å². The number of hydrogen-bond donors (Lipinski definition) is 1. The van der Waals surface area contributed by atoms with Crippen LogP contribution in [0.2, 0.25) is 0 Å². The Hall–Kier alpha value is -2.54. The van der Waals surface area contributed by atoms with Crippen molar-refractivity contribution in [1.82, 2.24) is 5.32 Å². The summed E-state index contributed by atoms with van der Waals surface area (Å²) >= 11 is 0. The second kappa shape index (κ2) is 9.68. The Bertz CT molecular complexity index is 622. The number of nitrogens with one attached hydrogen (secondary N) is 1. The maximum Gasteiger partial charge on any atom is 0.331 e. The van der Waals surface area contributed by atoms with Crippen LogP contribution >= 0.6 is 0 Å². The Balaban J connectivity index is 1.77. The van der Waals surface area contributed by atoms with Crippen molar-refractivity contribution >= 4 is 18.0 Å². The lowest BCUT2D eigenvalue weighted by Gasteiger charge is -2.10. The fourth-order valence-electron chi connectivity index (χ4n) is 2.38. The molecule has 1 fully saturated rings. The van der Waals surface area contributed by atoms with Gasteiger partial charge in [0.15, 0.2) is 6.61 Å². The average Bonchev–Trinajstić information content (AvgIpc) is 3.16. The van der Waals surface area contributed by atoms with Crippen molar-refractivity contribution in [2.45, 2.75) is 18.9 Å². The molecule has 1 saturated heterocycles. The molecule has 1 atom stereocenters. The molecule has 0 bridgehead atoms. The number of esters is 1. The lowest BCUT2D eigenvalue weighted by atomic mass is 10.2. The zero-order chi connectivity index (χ0) is 18.1. The summed E-state index contributed by atoms with van der Waals surface area (Å²) in [7, 11) is 3.09. The molecule has 7 nitrogen and oxygen atoms in total. The summed E-state index contributed by atoms with van der Waals surface area (Å²) in [6.07, 6.45) is 4.81. The first-order chi connectivity index (χ1) is 12.1. The van der Waals surface area contributed by atoms with E-state index in [-0.39, 0.29) is 18.6 Å². The third-order valence-electron chi connectivity index (χ3n) is 3.74. The quantitative estimate of drug-likeness (QED) is 0.566. The SMILES string of the molecule is COc1ccc(/C=C/C(=O)OCC(=O)NC[C@@H]2CCCO2)c(OC)c1. The molecular weight excluding hydrogens is 326 g/mol. The van der Waals surface area contributed by atoms with Crippen LogP contribution in [0.1, 0.15) is 18.4 Å². The first-order valence-electron chi connectivity index (χ1n) is 8.07. The number of rotatable bonds is 8. The van der Waals surface area contributed by atoms with E-state index in [1.54, 1.807) is 31.4 Å². The van der Waals surface area contributed by atoms with Gasteiger partial charge in [-0.3, -0.25) is 4.79 Å². The van der Waals surface area contributed by atoms with Crippen molar-refractivity contribution in [3.05, 3.63) is 29.8 Å². The lowest BCUT2D eigenvalue weighted by molar-refractivity contribution is -0.143. The van der Waals surface area contributed by atoms with E-state index in [9.17, 15) is 9.59 Å². The van der Waals surface area contributed by atoms with Gasteiger partial charge < -0.3 is 24.3 Å². The molecule has 0 radical (unpaired) electrons. The summed E-state index contributed by atoms with van der Waals surface area (Å²) in [5, 5.41) is 2.69. The van der Waals surface area contributed by atoms with Gasteiger partial charge in [0.2, 0.25) is 0 Å². The number of methoxy groups -OCH3 is 2. The molecule has 1 N–H and O–H groups in total. The number of hydrogen-bond acceptors (Lipinski definition) is 6. The first-order valence-corrected chi connectivity index (χ1v) is 8.07. The van der Waals surface area contributed by atoms with Crippen molar-refractivity contribution in [2.24, 2.45) is 0 Å². The van der Waals surface area contributed by atoms with E-state index in [2.05, 4.69) is 5.32 Å². The molecule has 0 spiro atoms. The van der Waals surface area contributed by atoms with Crippen molar-refractivity contribution in [1.29, 1.82) is 0 Å². The van der Waals surface area contributed by atoms with E-state index in [1.807, 2.05) is 0 Å². The van der Waals surface area contributed by atoms with Crippen LogP contribution in [0.5, 0.6) is 11.5 Å². The van der Waals surface area contributed by atoms with Gasteiger partial charge in [-0.2, -0.15) is 0 Å². The molecule has 136 valence electrons. The Kier molecular flexibility index (Phi) is 7.28. The highest BCUT2D eigenvalue weighted by atomic mass is 16.5. The van der Waals surface area contributed by atoms with Crippen LogP contribution in [0.3, 0.4) is 0 Å². The van der Waals surface area contributed by atoms with Gasteiger partial charge in [-0.05, 0) is 31.1 Å². The summed E-state index contributed by atoms with van der Waals surface area (Å²) in [6.45, 7) is 0.847. The highest BCUT2D eigenvalue weighted by Crippen LogP contribution is 2.25. The molecule has 1 amide bonds. The summed E-state index contributed by atoms with van der Waals surface area (Å²) < 4.78 is 20.7. The van der Waals surface area contributed by atoms with Crippen LogP contribution in [0.4, 0.5) is 0 Å². The summed E-state index contributed by atoms with van der Waals surface area (Å²) in [5.41, 5.74) is 0.697. The molecule has 1 aromatic rings. The van der Waals surface area contributed by atoms with Crippen LogP contribution in [-0.4, -0.2) is 52.0 Å². The summed E-state index contributed by atoms with van der Waals surface area (Å²) in [5.74, 6) is 0.265. The van der Waals surface area contributed by atoms with Crippen molar-refractivity contribution in [2.75, 3.05) is 34.0 Å². The van der Waals surface area contributed by atoms with Gasteiger partial charge in [-0.15, -0.1) is 0 Å². The van der Waals surface area contributed by atoms with Crippen LogP contribution in [0.15, 0.2) is 24.3 Å². The standard InChI is InChI=1S/C18H23NO6/c1-22-14-7-5-13(16(10-14)23-2)6-8-18(21)25-12-17(20)19-11-15-4-3-9-24-15/h5-8,10,15H,3-4,9,11-12H2,1-2H3,(H,19,20)/b8-6+/t15-/m0/s1. The molecule has 25 heavy (non-hydrogen) atoms. The normalized spacial score (nSPS) is 16.6. The van der Waals surface area contributed by atoms with E-state index >= 15 is 0 Å². The molecule has 1 aliphatic rings. The van der Waals surface area contributed by atoms with E-state index < -0.39 is 5.97 Å². The fraction of sp³-hybridized carbons (Fsp3) is 0.444. The Morgan fingerprint density at radius 1 is 1.32 bits per heavy atom. The van der Waals surface area contributed by atoms with Crippen molar-refractivity contribution < 1.29 is 28.5 Å². The molecule has 0 saturated carbocycles. The number of carbonyl (C=O) groups is 2. The van der Waals surface area contributed by atoms with Gasteiger partial charge in [0.1, 0.15) is 11.5 Å². The molecule has 7 heteroatoms. The van der Waals surface area contributed by atoms with E-state index in [0.717, 1.165) is 19.4 Å². The highest BCUT2D eigenvalue weighted by Gasteiger charge is 2.16. The first kappa shape index (κ1) is 18.8. The molecule has 0 aliphatic carbocycles. The maximum absolute atomic E-state index is 11.7. The Morgan fingerprint density at radius 2 is 2.16 bits per heavy atom. The Morgan fingerprint density at radius 3 is 2.84 bits per heavy atom. The number of carbonyl (C=O) groups excluding carboxylic acids is 2. The predicted molar refractivity (Wildman–Crippen MR) is 91.5 cm³/mol. The summed E-state index contributed by atoms with van der Waals surface area (Å²) in [6, 6.07) is 5.23. The average molecular weight is 349 g/mol. The number of benzene rings is 1. The van der Waals surface area contributed by atoms with Gasteiger partial charge in [0.05, 0.1) is 20.3 Å². The molecule has 1 heterocycles. The lowest BCUT2D eigenvalue weighted by Crippen LogP contribution is -2.34.